The number of aromatic nitrogens is 3. The van der Waals surface area contributed by atoms with Gasteiger partial charge in [0.05, 0.1) is 6.04 Å². The number of H-pyrrole nitrogens is 1. The molecule has 0 aromatic carbocycles. The maximum absolute atomic E-state index is 11.8. The first-order valence-corrected chi connectivity index (χ1v) is 5.81. The first-order valence-electron chi connectivity index (χ1n) is 5.81. The smallest absolute Gasteiger partial charge is 0.251 e. The number of nitrogens with zero attached hydrogens (tertiary/aromatic N) is 2. The quantitative estimate of drug-likeness (QED) is 0.722. The summed E-state index contributed by atoms with van der Waals surface area (Å²) in [7, 11) is 0. The number of rotatable bonds is 4. The van der Waals surface area contributed by atoms with Crippen molar-refractivity contribution in [2.24, 2.45) is 0 Å². The third kappa shape index (κ3) is 3.21. The fourth-order valence-corrected chi connectivity index (χ4v) is 1.70. The number of nitrogens with one attached hydrogen (secondary N) is 2. The number of amides is 1. The van der Waals surface area contributed by atoms with Gasteiger partial charge in [-0.2, -0.15) is 0 Å². The van der Waals surface area contributed by atoms with Crippen LogP contribution in [0, 0.1) is 0 Å². The third-order valence-corrected chi connectivity index (χ3v) is 2.63. The van der Waals surface area contributed by atoms with Crippen LogP contribution in [0.4, 0.5) is 5.69 Å². The van der Waals surface area contributed by atoms with Crippen molar-refractivity contribution in [3.63, 3.8) is 0 Å². The van der Waals surface area contributed by atoms with Crippen LogP contribution in [0.2, 0.25) is 0 Å². The van der Waals surface area contributed by atoms with Gasteiger partial charge in [0.2, 0.25) is 5.91 Å². The number of pyridine rings is 1. The van der Waals surface area contributed by atoms with E-state index in [1.54, 1.807) is 19.3 Å². The van der Waals surface area contributed by atoms with E-state index in [9.17, 15) is 9.59 Å². The predicted octanol–water partition coefficient (Wildman–Crippen LogP) is 0.0310. The molecule has 2 rings (SSSR count). The molecule has 0 saturated heterocycles. The van der Waals surface area contributed by atoms with Gasteiger partial charge >= 0.3 is 0 Å². The van der Waals surface area contributed by atoms with Crippen LogP contribution in [0.5, 0.6) is 0 Å². The first kappa shape index (κ1) is 12.9. The zero-order chi connectivity index (χ0) is 13.8. The average Bonchev–Trinajstić information content (AvgIpc) is 2.87. The van der Waals surface area contributed by atoms with Gasteiger partial charge in [-0.1, -0.05) is 0 Å². The molecule has 19 heavy (non-hydrogen) atoms. The molecule has 2 aromatic heterocycles. The lowest BCUT2D eigenvalue weighted by molar-refractivity contribution is -0.122. The fourth-order valence-electron chi connectivity index (χ4n) is 1.70. The Bertz CT molecular complexity index is 617. The zero-order valence-electron chi connectivity index (χ0n) is 10.5. The van der Waals surface area contributed by atoms with Crippen molar-refractivity contribution in [2.45, 2.75) is 19.5 Å². The Labute approximate surface area is 109 Å². The van der Waals surface area contributed by atoms with Crippen LogP contribution in [-0.4, -0.2) is 20.4 Å². The van der Waals surface area contributed by atoms with Crippen molar-refractivity contribution in [2.75, 3.05) is 5.73 Å². The molecule has 0 saturated carbocycles. The molecule has 0 bridgehead atoms. The number of nitrogens with two attached hydrogens (primary N) is 1. The Morgan fingerprint density at radius 3 is 3.05 bits per heavy atom. The molecule has 100 valence electrons. The van der Waals surface area contributed by atoms with Gasteiger partial charge < -0.3 is 20.6 Å². The molecular formula is C12H15N5O2. The van der Waals surface area contributed by atoms with Gasteiger partial charge in [-0.3, -0.25) is 9.59 Å². The molecule has 0 radical (unpaired) electrons. The Morgan fingerprint density at radius 1 is 1.58 bits per heavy atom. The second kappa shape index (κ2) is 5.38. The second-order valence-electron chi connectivity index (χ2n) is 4.19. The number of aromatic amines is 1. The van der Waals surface area contributed by atoms with Crippen molar-refractivity contribution in [3.8, 4) is 0 Å². The van der Waals surface area contributed by atoms with Crippen LogP contribution in [0.25, 0.3) is 0 Å². The summed E-state index contributed by atoms with van der Waals surface area (Å²) in [5.41, 5.74) is 5.74. The minimum atomic E-state index is -0.281. The molecule has 7 nitrogen and oxygen atoms in total. The number of carbonyl (C=O) groups excluding carboxylic acids is 1. The van der Waals surface area contributed by atoms with Gasteiger partial charge in [0, 0.05) is 30.3 Å². The number of hydrogen-bond acceptors (Lipinski definition) is 4. The lowest BCUT2D eigenvalue weighted by atomic mass is 10.3. The maximum atomic E-state index is 11.8. The highest BCUT2D eigenvalue weighted by molar-refractivity contribution is 5.76. The molecule has 2 aromatic rings. The molecule has 0 spiro atoms. The van der Waals surface area contributed by atoms with Gasteiger partial charge in [0.15, 0.2) is 0 Å². The molecule has 7 heteroatoms. The largest absolute Gasteiger partial charge is 0.398 e. The van der Waals surface area contributed by atoms with E-state index in [0.717, 1.165) is 0 Å². The number of anilines is 1. The summed E-state index contributed by atoms with van der Waals surface area (Å²) in [6, 6.07) is 2.58. The Hall–Kier alpha value is -2.57. The zero-order valence-corrected chi connectivity index (χ0v) is 10.5. The molecule has 0 aliphatic heterocycles. The minimum absolute atomic E-state index is 0.0745. The monoisotopic (exact) mass is 261 g/mol. The molecule has 4 N–H and O–H groups in total. The van der Waals surface area contributed by atoms with Crippen LogP contribution in [0.1, 0.15) is 18.8 Å². The summed E-state index contributed by atoms with van der Waals surface area (Å²) in [4.78, 5) is 30.3. The van der Waals surface area contributed by atoms with Crippen LogP contribution in [0.3, 0.4) is 0 Å². The second-order valence-corrected chi connectivity index (χ2v) is 4.19. The Morgan fingerprint density at radius 2 is 2.37 bits per heavy atom. The van der Waals surface area contributed by atoms with E-state index in [2.05, 4.69) is 15.3 Å². The predicted molar refractivity (Wildman–Crippen MR) is 70.3 cm³/mol. The lowest BCUT2D eigenvalue weighted by Gasteiger charge is -2.12. The van der Waals surface area contributed by atoms with E-state index < -0.39 is 0 Å². The molecule has 0 aliphatic rings. The summed E-state index contributed by atoms with van der Waals surface area (Å²) >= 11 is 0. The summed E-state index contributed by atoms with van der Waals surface area (Å²) < 4.78 is 1.26. The summed E-state index contributed by atoms with van der Waals surface area (Å²) in [6.07, 6.45) is 4.74. The molecule has 1 unspecified atom stereocenters. The first-order chi connectivity index (χ1) is 9.06. The van der Waals surface area contributed by atoms with Crippen molar-refractivity contribution in [1.29, 1.82) is 0 Å². The summed E-state index contributed by atoms with van der Waals surface area (Å²) in [5, 5.41) is 2.74. The van der Waals surface area contributed by atoms with Crippen LogP contribution >= 0.6 is 0 Å². The van der Waals surface area contributed by atoms with E-state index in [4.69, 9.17) is 5.73 Å². The number of nitrogen functional groups attached to an aromatic ring is 1. The van der Waals surface area contributed by atoms with E-state index in [0.29, 0.717) is 11.5 Å². The average molecular weight is 261 g/mol. The van der Waals surface area contributed by atoms with Gasteiger partial charge in [-0.05, 0) is 13.0 Å². The van der Waals surface area contributed by atoms with Crippen LogP contribution in [0.15, 0.2) is 35.5 Å². The minimum Gasteiger partial charge on any atom is -0.398 e. The number of imidazole rings is 1. The molecule has 0 aliphatic carbocycles. The van der Waals surface area contributed by atoms with E-state index in [1.165, 1.54) is 22.9 Å². The van der Waals surface area contributed by atoms with Crippen molar-refractivity contribution in [3.05, 3.63) is 46.9 Å². The van der Waals surface area contributed by atoms with Crippen LogP contribution in [-0.2, 0) is 11.3 Å². The Kier molecular flexibility index (Phi) is 3.65. The van der Waals surface area contributed by atoms with Gasteiger partial charge in [-0.15, -0.1) is 0 Å². The molecule has 0 fully saturated rings. The van der Waals surface area contributed by atoms with Gasteiger partial charge in [0.25, 0.3) is 5.56 Å². The highest BCUT2D eigenvalue weighted by Crippen LogP contribution is 2.05. The lowest BCUT2D eigenvalue weighted by Crippen LogP contribution is -2.33. The van der Waals surface area contributed by atoms with Gasteiger partial charge in [0.1, 0.15) is 12.4 Å². The summed E-state index contributed by atoms with van der Waals surface area (Å²) in [5.74, 6) is 0.380. The van der Waals surface area contributed by atoms with Crippen LogP contribution < -0.4 is 16.6 Å². The normalized spacial score (nSPS) is 12.1. The van der Waals surface area contributed by atoms with E-state index in [-0.39, 0.29) is 24.1 Å². The molecule has 1 amide bonds. The van der Waals surface area contributed by atoms with Crippen molar-refractivity contribution >= 4 is 11.6 Å². The molecule has 1 atom stereocenters. The van der Waals surface area contributed by atoms with Gasteiger partial charge in [-0.25, -0.2) is 4.98 Å². The maximum Gasteiger partial charge on any atom is 0.251 e. The van der Waals surface area contributed by atoms with Crippen molar-refractivity contribution < 1.29 is 4.79 Å². The summed E-state index contributed by atoms with van der Waals surface area (Å²) in [6.45, 7) is 1.73. The highest BCUT2D eigenvalue weighted by atomic mass is 16.2. The fraction of sp³-hybridized carbons (Fsp3) is 0.250. The standard InChI is InChI=1S/C12H15N5O2/c1-8(12-14-4-5-15-12)16-10(18)7-17-6-9(13)2-3-11(17)19/h2-6,8H,7,13H2,1H3,(H,14,15)(H,16,18). The number of hydrogen-bond donors (Lipinski definition) is 3. The Balaban J connectivity index is 2.02. The highest BCUT2D eigenvalue weighted by Gasteiger charge is 2.12. The topological polar surface area (TPSA) is 106 Å². The molecular weight excluding hydrogens is 246 g/mol. The van der Waals surface area contributed by atoms with E-state index >= 15 is 0 Å². The van der Waals surface area contributed by atoms with Crippen molar-refractivity contribution in [1.82, 2.24) is 19.9 Å². The SMILES string of the molecule is CC(NC(=O)Cn1cc(N)ccc1=O)c1ncc[nH]1. The number of carbonyl (C=O) groups is 1. The third-order valence-electron chi connectivity index (χ3n) is 2.63. The van der Waals surface area contributed by atoms with E-state index in [1.807, 2.05) is 0 Å². The molecule has 2 heterocycles.